The number of benzene rings is 4. The number of nitrogens with zero attached hydrogens (tertiary/aromatic N) is 4. The van der Waals surface area contributed by atoms with Gasteiger partial charge < -0.3 is 19.3 Å². The zero-order chi connectivity index (χ0) is 32.8. The lowest BCUT2D eigenvalue weighted by Crippen LogP contribution is -2.47. The summed E-state index contributed by atoms with van der Waals surface area (Å²) in [6.45, 7) is 19.3. The lowest BCUT2D eigenvalue weighted by Gasteiger charge is -2.47. The van der Waals surface area contributed by atoms with Gasteiger partial charge in [0, 0.05) is 48.8 Å². The fourth-order valence-corrected chi connectivity index (χ4v) is 9.19. The molecule has 0 aromatic heterocycles. The highest BCUT2D eigenvalue weighted by atomic mass is 32.2. The van der Waals surface area contributed by atoms with Gasteiger partial charge in [-0.1, -0.05) is 12.1 Å². The Balaban J connectivity index is 1.34. The second-order valence-corrected chi connectivity index (χ2v) is 15.1. The van der Waals surface area contributed by atoms with Crippen LogP contribution >= 0.6 is 0 Å². The minimum absolute atomic E-state index is 0.0844. The van der Waals surface area contributed by atoms with E-state index in [1.54, 1.807) is 0 Å². The van der Waals surface area contributed by atoms with Gasteiger partial charge in [-0.15, -0.1) is 0 Å². The largest absolute Gasteiger partial charge is 0.744 e. The molecular formula is C38H43N4O3S-. The van der Waals surface area contributed by atoms with Crippen LogP contribution in [0.1, 0.15) is 57.0 Å². The Morgan fingerprint density at radius 1 is 0.652 bits per heavy atom. The van der Waals surface area contributed by atoms with E-state index in [0.29, 0.717) is 30.9 Å². The zero-order valence-electron chi connectivity index (χ0n) is 28.2. The SMILES string of the molecule is CCN1CN(C)Cc2cc(-c3cc(C)c4c(c3)CN3CN4Cc4c3c(C)cc(-c3cc(C)c(C)c(C)c3)c4S(=O)(=O)[O-])cc(C)c21. The summed E-state index contributed by atoms with van der Waals surface area (Å²) < 4.78 is 39.2. The van der Waals surface area contributed by atoms with Crippen LogP contribution in [0.4, 0.5) is 17.1 Å². The fourth-order valence-electron chi connectivity index (χ4n) is 8.28. The number of aryl methyl sites for hydroxylation is 5. The van der Waals surface area contributed by atoms with E-state index in [2.05, 4.69) is 78.6 Å². The average molecular weight is 636 g/mol. The molecule has 8 heteroatoms. The standard InChI is InChI=1S/C38H44N4O3S/c1-9-40-20-39(8)17-31-15-28(12-24(4)35(31)40)29-13-25(5)36-32(16-29)18-41-21-42(36)19-34-37(41)26(6)14-33(38(34)46(43,44)45)30-10-22(2)27(7)23(3)11-30/h10-16H,9,17-21H2,1-8H3,(H,43,44,45)/p-1. The number of anilines is 3. The third kappa shape index (κ3) is 4.89. The molecule has 4 aromatic rings. The van der Waals surface area contributed by atoms with Crippen molar-refractivity contribution in [3.05, 3.63) is 92.5 Å². The molecule has 0 atom stereocenters. The molecule has 240 valence electrons. The molecule has 3 aliphatic rings. The predicted octanol–water partition coefficient (Wildman–Crippen LogP) is 7.30. The summed E-state index contributed by atoms with van der Waals surface area (Å²) in [5, 5.41) is 0. The molecule has 0 N–H and O–H groups in total. The summed E-state index contributed by atoms with van der Waals surface area (Å²) in [6, 6.07) is 15.2. The van der Waals surface area contributed by atoms with E-state index in [0.717, 1.165) is 59.0 Å². The smallest absolute Gasteiger partial charge is 0.125 e. The summed E-state index contributed by atoms with van der Waals surface area (Å²) in [5.41, 5.74) is 17.0. The monoisotopic (exact) mass is 635 g/mol. The first-order valence-corrected chi connectivity index (χ1v) is 17.6. The molecule has 0 radical (unpaired) electrons. The molecule has 4 aromatic carbocycles. The van der Waals surface area contributed by atoms with Crippen molar-refractivity contribution in [2.75, 3.05) is 41.6 Å². The van der Waals surface area contributed by atoms with Crippen LogP contribution in [0.15, 0.2) is 47.4 Å². The molecule has 0 saturated heterocycles. The van der Waals surface area contributed by atoms with Gasteiger partial charge in [0.05, 0.1) is 18.2 Å². The summed E-state index contributed by atoms with van der Waals surface area (Å²) in [5.74, 6) is 0. The second kappa shape index (κ2) is 10.9. The molecule has 3 aliphatic heterocycles. The molecule has 0 unspecified atom stereocenters. The van der Waals surface area contributed by atoms with Crippen LogP contribution in [-0.4, -0.2) is 44.8 Å². The molecule has 0 amide bonds. The summed E-state index contributed by atoms with van der Waals surface area (Å²) in [6.07, 6.45) is 0. The van der Waals surface area contributed by atoms with Crippen LogP contribution in [0.5, 0.6) is 0 Å². The van der Waals surface area contributed by atoms with Gasteiger partial charge in [0.1, 0.15) is 10.1 Å². The van der Waals surface area contributed by atoms with Crippen LogP contribution in [-0.2, 0) is 29.8 Å². The predicted molar refractivity (Wildman–Crippen MR) is 187 cm³/mol. The maximum Gasteiger partial charge on any atom is 0.125 e. The normalized spacial score (nSPS) is 16.0. The Morgan fingerprint density at radius 2 is 1.20 bits per heavy atom. The lowest BCUT2D eigenvalue weighted by atomic mass is 9.89. The Kier molecular flexibility index (Phi) is 7.27. The van der Waals surface area contributed by atoms with Crippen molar-refractivity contribution in [2.24, 2.45) is 0 Å². The minimum atomic E-state index is -4.77. The second-order valence-electron chi connectivity index (χ2n) is 13.7. The molecule has 0 spiro atoms. The van der Waals surface area contributed by atoms with Crippen LogP contribution in [0, 0.1) is 41.5 Å². The molecule has 7 rings (SSSR count). The third-order valence-corrected chi connectivity index (χ3v) is 11.3. The third-order valence-electron chi connectivity index (χ3n) is 10.4. The molecule has 0 aliphatic carbocycles. The Morgan fingerprint density at radius 3 is 1.80 bits per heavy atom. The van der Waals surface area contributed by atoms with Gasteiger partial charge in [-0.2, -0.15) is 0 Å². The van der Waals surface area contributed by atoms with E-state index in [4.69, 9.17) is 0 Å². The molecule has 0 fully saturated rings. The summed E-state index contributed by atoms with van der Waals surface area (Å²) in [7, 11) is -2.59. The first kappa shape index (κ1) is 30.8. The van der Waals surface area contributed by atoms with Gasteiger partial charge in [-0.05, 0) is 153 Å². The van der Waals surface area contributed by atoms with Gasteiger partial charge >= 0.3 is 0 Å². The first-order valence-electron chi connectivity index (χ1n) is 16.2. The number of hydrogen-bond donors (Lipinski definition) is 0. The zero-order valence-corrected chi connectivity index (χ0v) is 29.0. The van der Waals surface area contributed by atoms with E-state index in [9.17, 15) is 13.0 Å². The Hall–Kier alpha value is -3.85. The van der Waals surface area contributed by atoms with E-state index in [1.807, 2.05) is 39.0 Å². The van der Waals surface area contributed by atoms with Crippen LogP contribution in [0.3, 0.4) is 0 Å². The number of rotatable bonds is 4. The molecule has 3 heterocycles. The van der Waals surface area contributed by atoms with Gasteiger partial charge in [-0.25, -0.2) is 8.42 Å². The Bertz CT molecular complexity index is 2030. The van der Waals surface area contributed by atoms with Crippen LogP contribution in [0.25, 0.3) is 22.3 Å². The maximum atomic E-state index is 13.1. The highest BCUT2D eigenvalue weighted by molar-refractivity contribution is 7.86. The molecular weight excluding hydrogens is 593 g/mol. The van der Waals surface area contributed by atoms with Crippen LogP contribution < -0.4 is 14.7 Å². The molecule has 0 saturated carbocycles. The van der Waals surface area contributed by atoms with Crippen molar-refractivity contribution in [3.8, 4) is 22.3 Å². The van der Waals surface area contributed by atoms with Gasteiger partial charge in [0.25, 0.3) is 0 Å². The summed E-state index contributed by atoms with van der Waals surface area (Å²) in [4.78, 5) is 9.21. The summed E-state index contributed by atoms with van der Waals surface area (Å²) >= 11 is 0. The van der Waals surface area contributed by atoms with E-state index < -0.39 is 10.1 Å². The quantitative estimate of drug-likeness (QED) is 0.218. The van der Waals surface area contributed by atoms with Crippen molar-refractivity contribution >= 4 is 27.2 Å². The topological polar surface area (TPSA) is 70.2 Å². The van der Waals surface area contributed by atoms with Crippen molar-refractivity contribution in [2.45, 2.75) is 73.0 Å². The van der Waals surface area contributed by atoms with Crippen molar-refractivity contribution in [1.82, 2.24) is 4.90 Å². The highest BCUT2D eigenvalue weighted by Crippen LogP contribution is 2.47. The minimum Gasteiger partial charge on any atom is -0.744 e. The van der Waals surface area contributed by atoms with Gasteiger partial charge in [0.2, 0.25) is 0 Å². The van der Waals surface area contributed by atoms with Crippen molar-refractivity contribution in [3.63, 3.8) is 0 Å². The average Bonchev–Trinajstić information content (AvgIpc) is 2.97. The molecule has 46 heavy (non-hydrogen) atoms. The number of fused-ring (bicyclic) bond motifs is 7. The molecule has 7 nitrogen and oxygen atoms in total. The lowest BCUT2D eigenvalue weighted by molar-refractivity contribution is 0.310. The number of hydrogen-bond acceptors (Lipinski definition) is 7. The highest BCUT2D eigenvalue weighted by Gasteiger charge is 2.35. The van der Waals surface area contributed by atoms with E-state index >= 15 is 0 Å². The van der Waals surface area contributed by atoms with E-state index in [1.165, 1.54) is 39.1 Å². The van der Waals surface area contributed by atoms with E-state index in [-0.39, 0.29) is 4.90 Å². The van der Waals surface area contributed by atoms with Gasteiger partial charge in [0.15, 0.2) is 0 Å². The molecule has 2 bridgehead atoms. The first-order chi connectivity index (χ1) is 21.7. The maximum absolute atomic E-state index is 13.1. The fraction of sp³-hybridized carbons (Fsp3) is 0.368. The Labute approximate surface area is 273 Å². The van der Waals surface area contributed by atoms with Gasteiger partial charge in [-0.3, -0.25) is 4.90 Å². The van der Waals surface area contributed by atoms with Crippen LogP contribution in [0.2, 0.25) is 0 Å². The van der Waals surface area contributed by atoms with Crippen molar-refractivity contribution in [1.29, 1.82) is 0 Å². The van der Waals surface area contributed by atoms with Crippen molar-refractivity contribution < 1.29 is 13.0 Å².